The maximum atomic E-state index is 5.36. The quantitative estimate of drug-likeness (QED) is 0.618. The first-order valence-electron chi connectivity index (χ1n) is 3.45. The van der Waals surface area contributed by atoms with Crippen molar-refractivity contribution in [3.05, 3.63) is 0 Å². The van der Waals surface area contributed by atoms with Crippen LogP contribution in [-0.4, -0.2) is 19.8 Å². The van der Waals surface area contributed by atoms with Gasteiger partial charge in [0.05, 0.1) is 6.10 Å². The minimum Gasteiger partial charge on any atom is -0.381 e. The standard InChI is InChI=1S/C7H17NO/c1-6(2)7(9-3)4-5-8/h6-7H,4-5,8H2,1-3H3. The van der Waals surface area contributed by atoms with Gasteiger partial charge < -0.3 is 10.5 Å². The van der Waals surface area contributed by atoms with E-state index >= 15 is 0 Å². The number of rotatable bonds is 4. The smallest absolute Gasteiger partial charge is 0.0606 e. The van der Waals surface area contributed by atoms with Crippen LogP contribution in [0.2, 0.25) is 0 Å². The van der Waals surface area contributed by atoms with Crippen LogP contribution in [0.1, 0.15) is 20.3 Å². The van der Waals surface area contributed by atoms with Crippen LogP contribution >= 0.6 is 0 Å². The number of ether oxygens (including phenoxy) is 1. The fourth-order valence-electron chi connectivity index (χ4n) is 0.888. The number of hydrogen-bond acceptors (Lipinski definition) is 2. The first-order chi connectivity index (χ1) is 4.22. The molecule has 0 radical (unpaired) electrons. The zero-order valence-corrected chi connectivity index (χ0v) is 6.55. The summed E-state index contributed by atoms with van der Waals surface area (Å²) in [5.41, 5.74) is 5.36. The van der Waals surface area contributed by atoms with Gasteiger partial charge in [-0.05, 0) is 18.9 Å². The molecule has 56 valence electrons. The molecule has 9 heavy (non-hydrogen) atoms. The van der Waals surface area contributed by atoms with Crippen molar-refractivity contribution < 1.29 is 4.74 Å². The predicted octanol–water partition coefficient (Wildman–Crippen LogP) is 1.01. The Bertz CT molecular complexity index is 63.9. The highest BCUT2D eigenvalue weighted by molar-refractivity contribution is 4.61. The second-order valence-corrected chi connectivity index (χ2v) is 2.60. The Labute approximate surface area is 57.4 Å². The largest absolute Gasteiger partial charge is 0.381 e. The van der Waals surface area contributed by atoms with E-state index in [-0.39, 0.29) is 0 Å². The van der Waals surface area contributed by atoms with Crippen molar-refractivity contribution in [2.75, 3.05) is 13.7 Å². The van der Waals surface area contributed by atoms with Gasteiger partial charge in [0.15, 0.2) is 0 Å². The van der Waals surface area contributed by atoms with Crippen molar-refractivity contribution in [1.29, 1.82) is 0 Å². The Kier molecular flexibility index (Phi) is 4.72. The summed E-state index contributed by atoms with van der Waals surface area (Å²) in [6.45, 7) is 5.00. The number of methoxy groups -OCH3 is 1. The fraction of sp³-hybridized carbons (Fsp3) is 1.00. The predicted molar refractivity (Wildman–Crippen MR) is 39.3 cm³/mol. The Morgan fingerprint density at radius 3 is 2.11 bits per heavy atom. The Balaban J connectivity index is 3.41. The van der Waals surface area contributed by atoms with Crippen molar-refractivity contribution in [2.45, 2.75) is 26.4 Å². The Morgan fingerprint density at radius 1 is 1.44 bits per heavy atom. The minimum atomic E-state index is 0.343. The van der Waals surface area contributed by atoms with Gasteiger partial charge in [0.1, 0.15) is 0 Å². The lowest BCUT2D eigenvalue weighted by Crippen LogP contribution is -2.21. The van der Waals surface area contributed by atoms with E-state index in [1.807, 2.05) is 0 Å². The van der Waals surface area contributed by atoms with Gasteiger partial charge in [-0.15, -0.1) is 0 Å². The Morgan fingerprint density at radius 2 is 2.00 bits per heavy atom. The summed E-state index contributed by atoms with van der Waals surface area (Å²) in [7, 11) is 1.74. The molecule has 2 heteroatoms. The van der Waals surface area contributed by atoms with Crippen LogP contribution in [0.3, 0.4) is 0 Å². The minimum absolute atomic E-state index is 0.343. The highest BCUT2D eigenvalue weighted by Crippen LogP contribution is 2.07. The molecule has 0 aliphatic heterocycles. The normalized spacial score (nSPS) is 14.3. The summed E-state index contributed by atoms with van der Waals surface area (Å²) < 4.78 is 5.17. The molecule has 0 bridgehead atoms. The maximum Gasteiger partial charge on any atom is 0.0606 e. The average Bonchev–Trinajstić information content (AvgIpc) is 1.82. The summed E-state index contributed by atoms with van der Waals surface area (Å²) in [6, 6.07) is 0. The fourth-order valence-corrected chi connectivity index (χ4v) is 0.888. The van der Waals surface area contributed by atoms with Crippen LogP contribution in [0.5, 0.6) is 0 Å². The third-order valence-corrected chi connectivity index (χ3v) is 1.50. The van der Waals surface area contributed by atoms with Crippen molar-refractivity contribution in [3.63, 3.8) is 0 Å². The summed E-state index contributed by atoms with van der Waals surface area (Å²) in [5, 5.41) is 0. The lowest BCUT2D eigenvalue weighted by molar-refractivity contribution is 0.0601. The molecule has 0 aliphatic rings. The average molecular weight is 131 g/mol. The van der Waals surface area contributed by atoms with Gasteiger partial charge in [-0.2, -0.15) is 0 Å². The lowest BCUT2D eigenvalue weighted by Gasteiger charge is -2.17. The van der Waals surface area contributed by atoms with Gasteiger partial charge in [-0.3, -0.25) is 0 Å². The molecule has 0 aliphatic carbocycles. The molecule has 0 saturated heterocycles. The molecule has 0 saturated carbocycles. The van der Waals surface area contributed by atoms with Crippen LogP contribution < -0.4 is 5.73 Å². The molecule has 1 atom stereocenters. The second kappa shape index (κ2) is 4.77. The van der Waals surface area contributed by atoms with E-state index in [0.29, 0.717) is 12.0 Å². The molecule has 0 aromatic carbocycles. The van der Waals surface area contributed by atoms with Gasteiger partial charge in [-0.1, -0.05) is 13.8 Å². The van der Waals surface area contributed by atoms with Crippen LogP contribution in [0.15, 0.2) is 0 Å². The molecule has 0 fully saturated rings. The highest BCUT2D eigenvalue weighted by Gasteiger charge is 2.09. The Hall–Kier alpha value is -0.0800. The van der Waals surface area contributed by atoms with Crippen molar-refractivity contribution in [2.24, 2.45) is 11.7 Å². The zero-order valence-electron chi connectivity index (χ0n) is 6.55. The summed E-state index contributed by atoms with van der Waals surface area (Å²) in [5.74, 6) is 0.582. The topological polar surface area (TPSA) is 35.2 Å². The zero-order chi connectivity index (χ0) is 7.28. The van der Waals surface area contributed by atoms with Gasteiger partial charge >= 0.3 is 0 Å². The van der Waals surface area contributed by atoms with E-state index in [1.165, 1.54) is 0 Å². The molecule has 0 heterocycles. The maximum absolute atomic E-state index is 5.36. The van der Waals surface area contributed by atoms with E-state index < -0.39 is 0 Å². The molecule has 2 nitrogen and oxygen atoms in total. The first kappa shape index (κ1) is 8.92. The third-order valence-electron chi connectivity index (χ3n) is 1.50. The van der Waals surface area contributed by atoms with E-state index in [1.54, 1.807) is 7.11 Å². The summed E-state index contributed by atoms with van der Waals surface area (Å²) in [4.78, 5) is 0. The molecule has 1 unspecified atom stereocenters. The second-order valence-electron chi connectivity index (χ2n) is 2.60. The molecule has 0 aromatic heterocycles. The third kappa shape index (κ3) is 3.49. The van der Waals surface area contributed by atoms with Crippen molar-refractivity contribution >= 4 is 0 Å². The monoisotopic (exact) mass is 131 g/mol. The van der Waals surface area contributed by atoms with Gasteiger partial charge in [-0.25, -0.2) is 0 Å². The van der Waals surface area contributed by atoms with E-state index in [9.17, 15) is 0 Å². The van der Waals surface area contributed by atoms with Crippen LogP contribution in [0.4, 0.5) is 0 Å². The summed E-state index contributed by atoms with van der Waals surface area (Å²) >= 11 is 0. The first-order valence-corrected chi connectivity index (χ1v) is 3.45. The molecule has 0 amide bonds. The van der Waals surface area contributed by atoms with Crippen molar-refractivity contribution in [1.82, 2.24) is 0 Å². The summed E-state index contributed by atoms with van der Waals surface area (Å²) in [6.07, 6.45) is 1.31. The van der Waals surface area contributed by atoms with Crippen molar-refractivity contribution in [3.8, 4) is 0 Å². The molecular formula is C7H17NO. The molecule has 0 spiro atoms. The van der Waals surface area contributed by atoms with Gasteiger partial charge in [0.25, 0.3) is 0 Å². The van der Waals surface area contributed by atoms with Crippen LogP contribution in [0, 0.1) is 5.92 Å². The van der Waals surface area contributed by atoms with E-state index in [2.05, 4.69) is 13.8 Å². The van der Waals surface area contributed by atoms with Crippen LogP contribution in [-0.2, 0) is 4.74 Å². The van der Waals surface area contributed by atoms with E-state index in [0.717, 1.165) is 13.0 Å². The lowest BCUT2D eigenvalue weighted by atomic mass is 10.0. The number of hydrogen-bond donors (Lipinski definition) is 1. The van der Waals surface area contributed by atoms with Gasteiger partial charge in [0.2, 0.25) is 0 Å². The molecule has 0 rings (SSSR count). The van der Waals surface area contributed by atoms with Crippen LogP contribution in [0.25, 0.3) is 0 Å². The molecular weight excluding hydrogens is 114 g/mol. The SMILES string of the molecule is COC(CCN)C(C)C. The highest BCUT2D eigenvalue weighted by atomic mass is 16.5. The van der Waals surface area contributed by atoms with E-state index in [4.69, 9.17) is 10.5 Å². The molecule has 0 aromatic rings. The molecule has 2 N–H and O–H groups in total. The number of nitrogens with two attached hydrogens (primary N) is 1. The van der Waals surface area contributed by atoms with Gasteiger partial charge in [0, 0.05) is 7.11 Å².